The summed E-state index contributed by atoms with van der Waals surface area (Å²) in [6.07, 6.45) is 18.6. The number of pyridine rings is 2. The molecule has 4 aromatic heterocycles. The Morgan fingerprint density at radius 3 is 1.72 bits per heavy atom. The maximum atomic E-state index is 11.9. The van der Waals surface area contributed by atoms with E-state index in [0.717, 1.165) is 111 Å². The average molecular weight is 710 g/mol. The smallest absolute Gasteiger partial charge is 0.263 e. The molecule has 258 valence electrons. The van der Waals surface area contributed by atoms with Gasteiger partial charge in [-0.2, -0.15) is 0 Å². The molecule has 7 rings (SSSR count). The van der Waals surface area contributed by atoms with E-state index in [0.29, 0.717) is 14.8 Å². The molecule has 50 heavy (non-hydrogen) atoms. The molecule has 7 heterocycles. The van der Waals surface area contributed by atoms with Crippen LogP contribution in [0.15, 0.2) is 66.6 Å². The lowest BCUT2D eigenvalue weighted by atomic mass is 10.1. The molecular formula is C35H39N11O2S2. The van der Waals surface area contributed by atoms with Gasteiger partial charge in [-0.05, 0) is 63.8 Å². The summed E-state index contributed by atoms with van der Waals surface area (Å²) < 4.78 is 0.474. The fraction of sp³-hybridized carbons (Fsp3) is 0.343. The molecule has 0 atom stereocenters. The normalized spacial score (nSPS) is 18.2. The third-order valence-electron chi connectivity index (χ3n) is 8.52. The van der Waals surface area contributed by atoms with E-state index in [1.165, 1.54) is 11.8 Å². The fourth-order valence-electron chi connectivity index (χ4n) is 5.76. The highest BCUT2D eigenvalue weighted by Gasteiger charge is 2.22. The maximum Gasteiger partial charge on any atom is 0.263 e. The van der Waals surface area contributed by atoms with Gasteiger partial charge in [-0.1, -0.05) is 24.0 Å². The number of rotatable bonds is 6. The van der Waals surface area contributed by atoms with Crippen LogP contribution < -0.4 is 15.1 Å². The quantitative estimate of drug-likeness (QED) is 0.177. The molecule has 3 fully saturated rings. The number of likely N-dealkylation sites (N-methyl/N-ethyl adjacent to an activating group) is 2. The number of nitrogens with zero attached hydrogens (tertiary/aromatic N) is 10. The molecule has 15 heteroatoms. The number of aldehydes is 1. The number of nitrogens with one attached hydrogen (secondary N) is 1. The van der Waals surface area contributed by atoms with Crippen molar-refractivity contribution in [2.24, 2.45) is 0 Å². The topological polar surface area (TPSA) is 136 Å². The standard InChI is InChI=1S/C19H20N6OS2.C16H19N5O/c1-24-3-2-4-25(6-5-24)17-12-21-11-15(22-17)14-7-13(9-20-10-14)8-16-18(26)23-19(27)28-16;1-20-3-2-4-21(6-5-20)16-11-18-10-15(19-16)14-7-13(12-22)8-17-9-14/h7-12H,2-6H2,1H3,(H,23,26,27);7-12H,2-6H2,1H3/b16-8-;. The Balaban J connectivity index is 0.000000178. The van der Waals surface area contributed by atoms with Gasteiger partial charge in [0.15, 0.2) is 6.29 Å². The van der Waals surface area contributed by atoms with Crippen molar-refractivity contribution in [2.75, 3.05) is 76.3 Å². The van der Waals surface area contributed by atoms with Crippen LogP contribution in [0.1, 0.15) is 28.8 Å². The predicted octanol–water partition coefficient (Wildman–Crippen LogP) is 3.66. The van der Waals surface area contributed by atoms with Crippen molar-refractivity contribution >= 4 is 58.2 Å². The lowest BCUT2D eigenvalue weighted by molar-refractivity contribution is -0.115. The van der Waals surface area contributed by atoms with Gasteiger partial charge < -0.3 is 24.9 Å². The third-order valence-corrected chi connectivity index (χ3v) is 9.68. The zero-order valence-corrected chi connectivity index (χ0v) is 29.7. The number of thiocarbonyl (C=S) groups is 1. The Kier molecular flexibility index (Phi) is 11.8. The summed E-state index contributed by atoms with van der Waals surface area (Å²) in [5, 5.41) is 2.62. The van der Waals surface area contributed by atoms with Crippen LogP contribution in [0.2, 0.25) is 0 Å². The highest BCUT2D eigenvalue weighted by atomic mass is 32.2. The Labute approximate surface area is 301 Å². The monoisotopic (exact) mass is 709 g/mol. The Bertz CT molecular complexity index is 1870. The lowest BCUT2D eigenvalue weighted by Crippen LogP contribution is -2.29. The number of thioether (sulfide) groups is 1. The molecule has 0 aromatic carbocycles. The van der Waals surface area contributed by atoms with E-state index in [1.807, 2.05) is 12.3 Å². The number of anilines is 2. The first-order valence-corrected chi connectivity index (χ1v) is 17.7. The highest BCUT2D eigenvalue weighted by Crippen LogP contribution is 2.27. The summed E-state index contributed by atoms with van der Waals surface area (Å²) in [5.74, 6) is 1.59. The lowest BCUT2D eigenvalue weighted by Gasteiger charge is -2.21. The van der Waals surface area contributed by atoms with Crippen molar-refractivity contribution in [3.05, 3.63) is 77.7 Å². The van der Waals surface area contributed by atoms with Gasteiger partial charge in [-0.15, -0.1) is 0 Å². The van der Waals surface area contributed by atoms with Crippen LogP contribution in [-0.4, -0.2) is 123 Å². The van der Waals surface area contributed by atoms with Crippen molar-refractivity contribution in [1.29, 1.82) is 0 Å². The molecule has 13 nitrogen and oxygen atoms in total. The van der Waals surface area contributed by atoms with Crippen LogP contribution in [0.25, 0.3) is 28.6 Å². The molecule has 1 N–H and O–H groups in total. The Morgan fingerprint density at radius 1 is 0.680 bits per heavy atom. The van der Waals surface area contributed by atoms with E-state index >= 15 is 0 Å². The number of hydrogen-bond acceptors (Lipinski definition) is 14. The van der Waals surface area contributed by atoms with E-state index in [2.05, 4.69) is 58.9 Å². The van der Waals surface area contributed by atoms with Gasteiger partial charge in [0.1, 0.15) is 16.0 Å². The van der Waals surface area contributed by atoms with Crippen molar-refractivity contribution in [2.45, 2.75) is 12.8 Å². The van der Waals surface area contributed by atoms with Crippen LogP contribution in [0, 0.1) is 0 Å². The summed E-state index contributed by atoms with van der Waals surface area (Å²) in [5.41, 5.74) is 4.55. The molecule has 0 bridgehead atoms. The highest BCUT2D eigenvalue weighted by molar-refractivity contribution is 8.26. The van der Waals surface area contributed by atoms with Crippen LogP contribution in [0.4, 0.5) is 11.6 Å². The van der Waals surface area contributed by atoms with Crippen LogP contribution in [0.5, 0.6) is 0 Å². The summed E-state index contributed by atoms with van der Waals surface area (Å²) in [4.78, 5) is 59.1. The minimum absolute atomic E-state index is 0.173. The van der Waals surface area contributed by atoms with Crippen LogP contribution in [-0.2, 0) is 4.79 Å². The molecule has 3 saturated heterocycles. The Hall–Kier alpha value is -4.70. The van der Waals surface area contributed by atoms with Crippen LogP contribution in [0.3, 0.4) is 0 Å². The molecule has 3 aliphatic rings. The van der Waals surface area contributed by atoms with Gasteiger partial charge in [-0.25, -0.2) is 9.97 Å². The first kappa shape index (κ1) is 35.1. The number of aromatic nitrogens is 6. The SMILES string of the molecule is CN1CCCN(c2cncc(-c3cncc(/C=C4\SC(=S)NC4=O)c3)n2)CC1.CN1CCCN(c2cncc(-c3cncc(C=O)c3)n2)CC1. The molecule has 1 amide bonds. The van der Waals surface area contributed by atoms with E-state index in [9.17, 15) is 9.59 Å². The minimum atomic E-state index is -0.173. The van der Waals surface area contributed by atoms with E-state index in [-0.39, 0.29) is 5.91 Å². The third kappa shape index (κ3) is 9.29. The summed E-state index contributed by atoms with van der Waals surface area (Å²) in [6.45, 7) is 8.07. The summed E-state index contributed by atoms with van der Waals surface area (Å²) >= 11 is 6.29. The van der Waals surface area contributed by atoms with Gasteiger partial charge in [0.2, 0.25) is 0 Å². The van der Waals surface area contributed by atoms with E-state index < -0.39 is 0 Å². The molecule has 0 saturated carbocycles. The first-order valence-electron chi connectivity index (χ1n) is 16.5. The van der Waals surface area contributed by atoms with Crippen molar-refractivity contribution in [3.8, 4) is 22.5 Å². The molecule has 0 spiro atoms. The van der Waals surface area contributed by atoms with Crippen molar-refractivity contribution in [3.63, 3.8) is 0 Å². The second-order valence-electron chi connectivity index (χ2n) is 12.3. The predicted molar refractivity (Wildman–Crippen MR) is 201 cm³/mol. The van der Waals surface area contributed by atoms with Crippen molar-refractivity contribution in [1.82, 2.24) is 45.0 Å². The van der Waals surface area contributed by atoms with Gasteiger partial charge >= 0.3 is 0 Å². The number of hydrogen-bond donors (Lipinski definition) is 1. The second-order valence-corrected chi connectivity index (χ2v) is 14.0. The molecule has 3 aliphatic heterocycles. The van der Waals surface area contributed by atoms with Crippen LogP contribution >= 0.6 is 24.0 Å². The van der Waals surface area contributed by atoms with Gasteiger partial charge in [0, 0.05) is 80.7 Å². The number of carbonyl (C=O) groups is 2. The number of carbonyl (C=O) groups excluding carboxylic acids is 2. The molecule has 0 unspecified atom stereocenters. The van der Waals surface area contributed by atoms with Gasteiger partial charge in [0.05, 0.1) is 41.1 Å². The average Bonchev–Trinajstić information content (AvgIpc) is 3.30. The largest absolute Gasteiger partial charge is 0.354 e. The minimum Gasteiger partial charge on any atom is -0.354 e. The zero-order valence-electron chi connectivity index (χ0n) is 28.1. The summed E-state index contributed by atoms with van der Waals surface area (Å²) in [6, 6.07) is 3.74. The molecular weight excluding hydrogens is 671 g/mol. The van der Waals surface area contributed by atoms with Crippen molar-refractivity contribution < 1.29 is 9.59 Å². The number of amides is 1. The van der Waals surface area contributed by atoms with E-state index in [1.54, 1.807) is 55.5 Å². The van der Waals surface area contributed by atoms with E-state index in [4.69, 9.17) is 22.2 Å². The van der Waals surface area contributed by atoms with Gasteiger partial charge in [-0.3, -0.25) is 29.5 Å². The summed E-state index contributed by atoms with van der Waals surface area (Å²) in [7, 11) is 4.29. The maximum absolute atomic E-state index is 11.9. The molecule has 0 radical (unpaired) electrons. The van der Waals surface area contributed by atoms with Gasteiger partial charge in [0.25, 0.3) is 5.91 Å². The first-order chi connectivity index (χ1) is 24.3. The fourth-order valence-corrected chi connectivity index (χ4v) is 6.80. The second kappa shape index (κ2) is 16.8. The molecule has 4 aromatic rings. The Morgan fingerprint density at radius 2 is 1.20 bits per heavy atom. The zero-order chi connectivity index (χ0) is 34.9. The molecule has 0 aliphatic carbocycles.